The molecule has 0 unspecified atom stereocenters. The zero-order chi connectivity index (χ0) is 20.7. The van der Waals surface area contributed by atoms with Crippen LogP contribution in [0.3, 0.4) is 0 Å². The first kappa shape index (κ1) is 18.2. The largest absolute Gasteiger partial charge is 0.454 e. The van der Waals surface area contributed by atoms with Gasteiger partial charge in [-0.15, -0.1) is 0 Å². The van der Waals surface area contributed by atoms with E-state index in [2.05, 4.69) is 94.4 Å². The van der Waals surface area contributed by atoms with Gasteiger partial charge in [-0.25, -0.2) is 0 Å². The van der Waals surface area contributed by atoms with Gasteiger partial charge in [0.25, 0.3) is 0 Å². The van der Waals surface area contributed by atoms with Crippen molar-refractivity contribution in [2.45, 2.75) is 41.0 Å². The number of hydrogen-bond donors (Lipinski definition) is 0. The van der Waals surface area contributed by atoms with Crippen molar-refractivity contribution < 1.29 is 8.98 Å². The maximum Gasteiger partial charge on any atom is 0.236 e. The molecule has 0 N–H and O–H groups in total. The SMILES string of the molecule is Cc1cc2cccc3oc4c(CC(C)(C)C)c5c(cc[n+]5C)n(C)c4c(c1C)c23. The van der Waals surface area contributed by atoms with E-state index < -0.39 is 0 Å². The second kappa shape index (κ2) is 5.85. The van der Waals surface area contributed by atoms with Crippen molar-refractivity contribution in [2.75, 3.05) is 0 Å². The van der Waals surface area contributed by atoms with Gasteiger partial charge in [0, 0.05) is 23.9 Å². The Kier molecular flexibility index (Phi) is 3.68. The monoisotopic (exact) mass is 385 g/mol. The molecular weight excluding hydrogens is 356 g/mol. The lowest BCUT2D eigenvalue weighted by molar-refractivity contribution is -0.642. The average Bonchev–Trinajstić information content (AvgIpc) is 3.03. The van der Waals surface area contributed by atoms with Crippen molar-refractivity contribution in [3.63, 3.8) is 0 Å². The van der Waals surface area contributed by atoms with Crippen LogP contribution in [0.15, 0.2) is 40.9 Å². The number of rotatable bonds is 1. The van der Waals surface area contributed by atoms with E-state index in [4.69, 9.17) is 4.42 Å². The van der Waals surface area contributed by atoms with E-state index in [1.807, 2.05) is 0 Å². The summed E-state index contributed by atoms with van der Waals surface area (Å²) in [6, 6.07) is 10.9. The molecule has 148 valence electrons. The second-order valence-corrected chi connectivity index (χ2v) is 9.76. The van der Waals surface area contributed by atoms with E-state index in [0.29, 0.717) is 0 Å². The predicted molar refractivity (Wildman–Crippen MR) is 122 cm³/mol. The molecule has 0 atom stereocenters. The molecule has 0 fully saturated rings. The third-order valence-electron chi connectivity index (χ3n) is 6.33. The maximum absolute atomic E-state index is 6.70. The normalized spacial score (nSPS) is 12.8. The molecule has 3 heterocycles. The van der Waals surface area contributed by atoms with Crippen molar-refractivity contribution in [3.8, 4) is 0 Å². The highest BCUT2D eigenvalue weighted by Crippen LogP contribution is 2.41. The summed E-state index contributed by atoms with van der Waals surface area (Å²) in [5, 5.41) is 3.80. The summed E-state index contributed by atoms with van der Waals surface area (Å²) in [5.74, 6) is 0. The molecule has 0 saturated carbocycles. The quantitative estimate of drug-likeness (QED) is 0.190. The van der Waals surface area contributed by atoms with Crippen molar-refractivity contribution in [2.24, 2.45) is 19.5 Å². The molecule has 3 nitrogen and oxygen atoms in total. The van der Waals surface area contributed by atoms with E-state index in [1.165, 1.54) is 49.4 Å². The molecular formula is C26H29N2O+. The standard InChI is InChI=1S/C26H29N2O/c1-15-13-17-9-8-10-20-22(17)21(16(15)2)24-25(29-20)18(14-26(3,4)5)23-19(28(24)7)11-12-27(23)6/h8-13H,14H2,1-7H3/q+1. The number of benzene rings is 2. The minimum atomic E-state index is 0.155. The highest BCUT2D eigenvalue weighted by molar-refractivity contribution is 6.19. The molecule has 5 aromatic rings. The first-order valence-electron chi connectivity index (χ1n) is 10.4. The van der Waals surface area contributed by atoms with Gasteiger partial charge in [0.2, 0.25) is 5.52 Å². The number of aromatic nitrogens is 2. The molecule has 3 heteroatoms. The Labute approximate surface area is 171 Å². The van der Waals surface area contributed by atoms with Gasteiger partial charge < -0.3 is 8.98 Å². The summed E-state index contributed by atoms with van der Waals surface area (Å²) in [6.07, 6.45) is 3.12. The Morgan fingerprint density at radius 1 is 1.07 bits per heavy atom. The van der Waals surface area contributed by atoms with Crippen LogP contribution in [0, 0.1) is 19.3 Å². The Morgan fingerprint density at radius 3 is 2.55 bits per heavy atom. The van der Waals surface area contributed by atoms with Crippen LogP contribution < -0.4 is 4.57 Å². The van der Waals surface area contributed by atoms with E-state index in [9.17, 15) is 0 Å². The second-order valence-electron chi connectivity index (χ2n) is 9.76. The van der Waals surface area contributed by atoms with Crippen molar-refractivity contribution in [1.82, 2.24) is 4.57 Å². The molecule has 0 saturated heterocycles. The lowest BCUT2D eigenvalue weighted by atomic mass is 9.86. The fraction of sp³-hybridized carbons (Fsp3) is 0.346. The molecule has 29 heavy (non-hydrogen) atoms. The van der Waals surface area contributed by atoms with E-state index in [1.54, 1.807) is 0 Å². The van der Waals surface area contributed by atoms with Gasteiger partial charge in [-0.3, -0.25) is 0 Å². The maximum atomic E-state index is 6.70. The molecule has 2 aromatic carbocycles. The van der Waals surface area contributed by atoms with Crippen LogP contribution in [-0.2, 0) is 20.5 Å². The number of fused-ring (bicyclic) bond motifs is 3. The summed E-state index contributed by atoms with van der Waals surface area (Å²) in [4.78, 5) is 0. The smallest absolute Gasteiger partial charge is 0.236 e. The molecule has 3 aromatic heterocycles. The number of nitrogens with zero attached hydrogens (tertiary/aromatic N) is 2. The van der Waals surface area contributed by atoms with Crippen molar-refractivity contribution >= 4 is 43.9 Å². The van der Waals surface area contributed by atoms with Crippen LogP contribution in [0.2, 0.25) is 0 Å². The minimum absolute atomic E-state index is 0.155. The van der Waals surface area contributed by atoms with Gasteiger partial charge in [0.05, 0.1) is 11.1 Å². The van der Waals surface area contributed by atoms with E-state index in [0.717, 1.165) is 17.6 Å². The molecule has 0 amide bonds. The van der Waals surface area contributed by atoms with Gasteiger partial charge in [0.15, 0.2) is 11.8 Å². The average molecular weight is 386 g/mol. The zero-order valence-electron chi connectivity index (χ0n) is 18.5. The Hall–Kier alpha value is -2.81. The lowest BCUT2D eigenvalue weighted by Gasteiger charge is -2.21. The minimum Gasteiger partial charge on any atom is -0.454 e. The van der Waals surface area contributed by atoms with E-state index in [-0.39, 0.29) is 5.41 Å². The summed E-state index contributed by atoms with van der Waals surface area (Å²) < 4.78 is 11.3. The zero-order valence-corrected chi connectivity index (χ0v) is 18.5. The first-order valence-corrected chi connectivity index (χ1v) is 10.4. The molecule has 0 spiro atoms. The lowest BCUT2D eigenvalue weighted by Crippen LogP contribution is -2.27. The van der Waals surface area contributed by atoms with Crippen LogP contribution in [0.1, 0.15) is 37.5 Å². The fourth-order valence-corrected chi connectivity index (χ4v) is 4.92. The third-order valence-corrected chi connectivity index (χ3v) is 6.33. The van der Waals surface area contributed by atoms with Crippen LogP contribution in [0.4, 0.5) is 0 Å². The highest BCUT2D eigenvalue weighted by atomic mass is 16.3. The number of pyridine rings is 1. The summed E-state index contributed by atoms with van der Waals surface area (Å²) in [5.41, 5.74) is 9.82. The van der Waals surface area contributed by atoms with Crippen LogP contribution in [0.5, 0.6) is 0 Å². The van der Waals surface area contributed by atoms with Gasteiger partial charge in [-0.1, -0.05) is 39.0 Å². The van der Waals surface area contributed by atoms with E-state index >= 15 is 0 Å². The van der Waals surface area contributed by atoms with Gasteiger partial charge in [0.1, 0.15) is 18.1 Å². The van der Waals surface area contributed by atoms with Crippen molar-refractivity contribution in [3.05, 3.63) is 53.2 Å². The van der Waals surface area contributed by atoms with Crippen LogP contribution in [-0.4, -0.2) is 4.57 Å². The molecule has 0 bridgehead atoms. The van der Waals surface area contributed by atoms with Crippen molar-refractivity contribution in [1.29, 1.82) is 0 Å². The fourth-order valence-electron chi connectivity index (χ4n) is 4.92. The summed E-state index contributed by atoms with van der Waals surface area (Å²) in [7, 11) is 4.31. The molecule has 0 aliphatic heterocycles. The number of hydrogen-bond acceptors (Lipinski definition) is 1. The first-order chi connectivity index (χ1) is 13.7. The molecule has 0 aliphatic rings. The summed E-state index contributed by atoms with van der Waals surface area (Å²) >= 11 is 0. The Balaban J connectivity index is 2.15. The Morgan fingerprint density at radius 2 is 1.83 bits per heavy atom. The molecule has 0 radical (unpaired) electrons. The predicted octanol–water partition coefficient (Wildman–Crippen LogP) is 6.26. The summed E-state index contributed by atoms with van der Waals surface area (Å²) in [6.45, 7) is 11.4. The molecule has 5 rings (SSSR count). The van der Waals surface area contributed by atoms with Crippen LogP contribution in [0.25, 0.3) is 43.9 Å². The number of aryl methyl sites for hydroxylation is 4. The highest BCUT2D eigenvalue weighted by Gasteiger charge is 2.27. The molecule has 0 aliphatic carbocycles. The van der Waals surface area contributed by atoms with Gasteiger partial charge in [-0.2, -0.15) is 4.57 Å². The van der Waals surface area contributed by atoms with Crippen LogP contribution >= 0.6 is 0 Å². The third kappa shape index (κ3) is 2.53. The van der Waals surface area contributed by atoms with Gasteiger partial charge in [-0.05, 0) is 48.3 Å². The van der Waals surface area contributed by atoms with Gasteiger partial charge >= 0.3 is 0 Å². The topological polar surface area (TPSA) is 21.9 Å². The Bertz CT molecular complexity index is 1440.